The van der Waals surface area contributed by atoms with Crippen molar-refractivity contribution < 1.29 is 14.3 Å². The van der Waals surface area contributed by atoms with Gasteiger partial charge in [0.15, 0.2) is 0 Å². The number of nitrogens with zero attached hydrogens (tertiary/aromatic N) is 1. The summed E-state index contributed by atoms with van der Waals surface area (Å²) in [5.74, 6) is 0.800. The van der Waals surface area contributed by atoms with Crippen molar-refractivity contribution in [1.29, 1.82) is 0 Å². The molecule has 1 aromatic rings. The molecule has 2 unspecified atom stereocenters. The van der Waals surface area contributed by atoms with Crippen LogP contribution < -0.4 is 15.4 Å². The number of amides is 1. The van der Waals surface area contributed by atoms with E-state index >= 15 is 0 Å². The van der Waals surface area contributed by atoms with Gasteiger partial charge in [-0.05, 0) is 57.0 Å². The third-order valence-electron chi connectivity index (χ3n) is 3.74. The predicted molar refractivity (Wildman–Crippen MR) is 82.6 cm³/mol. The Morgan fingerprint density at radius 2 is 2.10 bits per heavy atom. The van der Waals surface area contributed by atoms with E-state index in [2.05, 4.69) is 0 Å². The number of benzene rings is 1. The van der Waals surface area contributed by atoms with Gasteiger partial charge in [-0.15, -0.1) is 0 Å². The summed E-state index contributed by atoms with van der Waals surface area (Å²) in [6, 6.07) is 7.50. The molecule has 1 fully saturated rings. The number of methoxy groups -OCH3 is 1. The van der Waals surface area contributed by atoms with E-state index in [-0.39, 0.29) is 18.1 Å². The Morgan fingerprint density at radius 1 is 1.38 bits per heavy atom. The first-order valence-corrected chi connectivity index (χ1v) is 7.46. The molecule has 1 heterocycles. The molecular weight excluding hydrogens is 268 g/mol. The number of hydrogen-bond donors (Lipinski definition) is 1. The highest BCUT2D eigenvalue weighted by molar-refractivity contribution is 5.96. The van der Waals surface area contributed by atoms with Crippen molar-refractivity contribution in [3.63, 3.8) is 0 Å². The smallest absolute Gasteiger partial charge is 0.256 e. The lowest BCUT2D eigenvalue weighted by atomic mass is 10.1. The summed E-state index contributed by atoms with van der Waals surface area (Å²) in [6.07, 6.45) is 2.31. The molecule has 1 saturated heterocycles. The Hall–Kier alpha value is -1.59. The molecule has 1 aliphatic heterocycles. The Balaban J connectivity index is 2.14. The van der Waals surface area contributed by atoms with Crippen LogP contribution in [0.1, 0.15) is 26.2 Å². The molecule has 5 heteroatoms. The zero-order valence-corrected chi connectivity index (χ0v) is 12.7. The first kappa shape index (κ1) is 15.8. The van der Waals surface area contributed by atoms with E-state index in [1.807, 2.05) is 31.2 Å². The monoisotopic (exact) mass is 292 g/mol. The summed E-state index contributed by atoms with van der Waals surface area (Å²) in [5.41, 5.74) is 6.45. The second-order valence-corrected chi connectivity index (χ2v) is 5.34. The fraction of sp³-hybridized carbons (Fsp3) is 0.562. The van der Waals surface area contributed by atoms with Crippen LogP contribution >= 0.6 is 0 Å². The summed E-state index contributed by atoms with van der Waals surface area (Å²) >= 11 is 0. The lowest BCUT2D eigenvalue weighted by Crippen LogP contribution is -2.40. The van der Waals surface area contributed by atoms with Crippen molar-refractivity contribution in [3.8, 4) is 5.75 Å². The maximum absolute atomic E-state index is 12.7. The number of hydrogen-bond acceptors (Lipinski definition) is 4. The van der Waals surface area contributed by atoms with E-state index in [0.717, 1.165) is 30.7 Å². The molecule has 2 atom stereocenters. The third kappa shape index (κ3) is 3.95. The first-order chi connectivity index (χ1) is 10.2. The Bertz CT molecular complexity index is 461. The van der Waals surface area contributed by atoms with Crippen LogP contribution in [-0.2, 0) is 9.53 Å². The molecule has 2 N–H and O–H groups in total. The minimum atomic E-state index is -0.333. The summed E-state index contributed by atoms with van der Waals surface area (Å²) in [7, 11) is 1.63. The summed E-state index contributed by atoms with van der Waals surface area (Å²) in [5, 5.41) is 0. The number of carbonyl (C=O) groups excluding carboxylic acids is 1. The van der Waals surface area contributed by atoms with Gasteiger partial charge in [-0.2, -0.15) is 0 Å². The average Bonchev–Trinajstić information content (AvgIpc) is 2.94. The van der Waals surface area contributed by atoms with Gasteiger partial charge in [0.1, 0.15) is 11.9 Å². The van der Waals surface area contributed by atoms with Crippen LogP contribution in [0.2, 0.25) is 0 Å². The van der Waals surface area contributed by atoms with Gasteiger partial charge in [0.05, 0.1) is 13.2 Å². The molecule has 0 bridgehead atoms. The number of nitrogens with two attached hydrogens (primary N) is 1. The van der Waals surface area contributed by atoms with E-state index in [4.69, 9.17) is 15.2 Å². The minimum Gasteiger partial charge on any atom is -0.497 e. The van der Waals surface area contributed by atoms with Gasteiger partial charge < -0.3 is 20.1 Å². The van der Waals surface area contributed by atoms with Gasteiger partial charge in [0.25, 0.3) is 5.91 Å². The topological polar surface area (TPSA) is 64.8 Å². The van der Waals surface area contributed by atoms with Crippen LogP contribution in [0.25, 0.3) is 0 Å². The van der Waals surface area contributed by atoms with Crippen LogP contribution in [0.3, 0.4) is 0 Å². The van der Waals surface area contributed by atoms with Crippen LogP contribution in [0, 0.1) is 0 Å². The Morgan fingerprint density at radius 3 is 2.62 bits per heavy atom. The number of carbonyl (C=O) groups is 1. The highest BCUT2D eigenvalue weighted by Gasteiger charge is 2.32. The third-order valence-corrected chi connectivity index (χ3v) is 3.74. The summed E-state index contributed by atoms with van der Waals surface area (Å²) in [4.78, 5) is 14.5. The van der Waals surface area contributed by atoms with Crippen molar-refractivity contribution in [3.05, 3.63) is 24.3 Å². The number of rotatable bonds is 6. The van der Waals surface area contributed by atoms with E-state index in [1.165, 1.54) is 0 Å². The van der Waals surface area contributed by atoms with Gasteiger partial charge in [-0.3, -0.25) is 4.79 Å². The van der Waals surface area contributed by atoms with Gasteiger partial charge >= 0.3 is 0 Å². The predicted octanol–water partition coefficient (Wildman–Crippen LogP) is 1.94. The standard InChI is InChI=1S/C16H24N2O3/c1-12-4-9-15(21-12)16(19)18(11-3-10-17)13-5-7-14(20-2)8-6-13/h5-8,12,15H,3-4,9-11,17H2,1-2H3. The lowest BCUT2D eigenvalue weighted by Gasteiger charge is -2.25. The maximum Gasteiger partial charge on any atom is 0.256 e. The van der Waals surface area contributed by atoms with Crippen molar-refractivity contribution in [2.24, 2.45) is 5.73 Å². The van der Waals surface area contributed by atoms with Crippen LogP contribution in [0.4, 0.5) is 5.69 Å². The Labute approximate surface area is 126 Å². The summed E-state index contributed by atoms with van der Waals surface area (Å²) in [6.45, 7) is 3.17. The lowest BCUT2D eigenvalue weighted by molar-refractivity contribution is -0.129. The van der Waals surface area contributed by atoms with Crippen molar-refractivity contribution in [2.75, 3.05) is 25.1 Å². The van der Waals surface area contributed by atoms with E-state index in [0.29, 0.717) is 13.1 Å². The largest absolute Gasteiger partial charge is 0.497 e. The molecule has 5 nitrogen and oxygen atoms in total. The number of ether oxygens (including phenoxy) is 2. The zero-order chi connectivity index (χ0) is 15.2. The molecular formula is C16H24N2O3. The van der Waals surface area contributed by atoms with Crippen LogP contribution in [0.15, 0.2) is 24.3 Å². The normalized spacial score (nSPS) is 21.3. The average molecular weight is 292 g/mol. The zero-order valence-electron chi connectivity index (χ0n) is 12.7. The minimum absolute atomic E-state index is 0.0259. The molecule has 1 aliphatic rings. The van der Waals surface area contributed by atoms with Crippen molar-refractivity contribution in [2.45, 2.75) is 38.4 Å². The first-order valence-electron chi connectivity index (χ1n) is 7.46. The van der Waals surface area contributed by atoms with Gasteiger partial charge in [-0.25, -0.2) is 0 Å². The number of anilines is 1. The summed E-state index contributed by atoms with van der Waals surface area (Å²) < 4.78 is 10.9. The fourth-order valence-corrected chi connectivity index (χ4v) is 2.54. The van der Waals surface area contributed by atoms with E-state index in [1.54, 1.807) is 12.0 Å². The fourth-order valence-electron chi connectivity index (χ4n) is 2.54. The van der Waals surface area contributed by atoms with Gasteiger partial charge in [-0.1, -0.05) is 0 Å². The second kappa shape index (κ2) is 7.43. The highest BCUT2D eigenvalue weighted by Crippen LogP contribution is 2.25. The van der Waals surface area contributed by atoms with Gasteiger partial charge in [0.2, 0.25) is 0 Å². The highest BCUT2D eigenvalue weighted by atomic mass is 16.5. The molecule has 0 aromatic heterocycles. The second-order valence-electron chi connectivity index (χ2n) is 5.34. The van der Waals surface area contributed by atoms with E-state index in [9.17, 15) is 4.79 Å². The van der Waals surface area contributed by atoms with Crippen molar-refractivity contribution >= 4 is 11.6 Å². The van der Waals surface area contributed by atoms with Crippen molar-refractivity contribution in [1.82, 2.24) is 0 Å². The van der Waals surface area contributed by atoms with Crippen LogP contribution in [-0.4, -0.2) is 38.3 Å². The molecule has 1 amide bonds. The Kier molecular flexibility index (Phi) is 5.59. The van der Waals surface area contributed by atoms with Crippen LogP contribution in [0.5, 0.6) is 5.75 Å². The van der Waals surface area contributed by atoms with Gasteiger partial charge in [0, 0.05) is 12.2 Å². The molecule has 2 rings (SSSR count). The molecule has 0 saturated carbocycles. The molecule has 1 aromatic carbocycles. The van der Waals surface area contributed by atoms with E-state index < -0.39 is 0 Å². The maximum atomic E-state index is 12.7. The molecule has 0 radical (unpaired) electrons. The molecule has 116 valence electrons. The molecule has 0 aliphatic carbocycles. The molecule has 0 spiro atoms. The quantitative estimate of drug-likeness (QED) is 0.870. The SMILES string of the molecule is COc1ccc(N(CCCN)C(=O)C2CCC(C)O2)cc1. The molecule has 21 heavy (non-hydrogen) atoms.